The molecule has 0 amide bonds. The molecule has 1 N–H and O–H groups in total. The van der Waals surface area contributed by atoms with E-state index in [1.54, 1.807) is 0 Å². The van der Waals surface area contributed by atoms with E-state index < -0.39 is 0 Å². The van der Waals surface area contributed by atoms with Crippen LogP contribution in [0.4, 0.5) is 0 Å². The van der Waals surface area contributed by atoms with E-state index in [1.165, 1.54) is 44.4 Å². The van der Waals surface area contributed by atoms with Gasteiger partial charge in [-0.3, -0.25) is 17.6 Å². The summed E-state index contributed by atoms with van der Waals surface area (Å²) >= 11 is 0. The Bertz CT molecular complexity index is 762. The van der Waals surface area contributed by atoms with Gasteiger partial charge in [-0.2, -0.15) is 19.3 Å². The van der Waals surface area contributed by atoms with Crippen molar-refractivity contribution in [2.75, 3.05) is 0 Å². The van der Waals surface area contributed by atoms with E-state index in [1.807, 2.05) is 0 Å². The van der Waals surface area contributed by atoms with Crippen LogP contribution in [0.25, 0.3) is 0 Å². The second-order valence-corrected chi connectivity index (χ2v) is 14.0. The number of rotatable bonds is 1. The Morgan fingerprint density at radius 1 is 0.912 bits per heavy atom. The van der Waals surface area contributed by atoms with Gasteiger partial charge in [-0.25, -0.2) is 0 Å². The molecule has 0 aliphatic heterocycles. The quantitative estimate of drug-likeness (QED) is 0.303. The first-order chi connectivity index (χ1) is 14.4. The fourth-order valence-corrected chi connectivity index (χ4v) is 10.3. The minimum atomic E-state index is -0.288. The zero-order chi connectivity index (χ0) is 22.4. The van der Waals surface area contributed by atoms with Gasteiger partial charge in [0, 0.05) is 72.3 Å². The molecule has 2 nitrogen and oxygen atoms in total. The topological polar surface area (TPSA) is 37.3 Å². The number of carbonyl (C=O) groups excluding carboxylic acids is 1. The van der Waals surface area contributed by atoms with Gasteiger partial charge < -0.3 is 16.3 Å². The number of aliphatic hydroxyl groups excluding tert-OH is 1. The number of hydrogen-bond acceptors (Lipinski definition) is 2. The van der Waals surface area contributed by atoms with Gasteiger partial charge in [0.2, 0.25) is 0 Å². The summed E-state index contributed by atoms with van der Waals surface area (Å²) in [5, 5.41) is 10.6. The Morgan fingerprint density at radius 2 is 1.59 bits per heavy atom. The van der Waals surface area contributed by atoms with Crippen LogP contribution in [-0.2, 0) is 77.1 Å². The average molecular weight is 749 g/mol. The van der Waals surface area contributed by atoms with Crippen molar-refractivity contribution in [1.82, 2.24) is 0 Å². The summed E-state index contributed by atoms with van der Waals surface area (Å²) in [7, 11) is 0. The average Bonchev–Trinajstić information content (AvgIpc) is 2.71. The van der Waals surface area contributed by atoms with E-state index >= 15 is 0 Å². The third kappa shape index (κ3) is 4.38. The molecule has 0 aromatic carbocycles. The van der Waals surface area contributed by atoms with Crippen LogP contribution in [-0.4, -0.2) is 17.5 Å². The van der Waals surface area contributed by atoms with Gasteiger partial charge in [-0.1, -0.05) is 83.2 Å². The number of hydrogen-bond donors (Lipinski definition) is 1. The van der Waals surface area contributed by atoms with E-state index in [0.717, 1.165) is 31.6 Å². The molecule has 5 aliphatic carbocycles. The number of fused-ring (bicyclic) bond motifs is 7. The maximum Gasteiger partial charge on any atom is 0 e. The molecule has 2 radical (unpaired) electrons. The standard InChI is InChI=1S/C29H45O2.V.W.Y/c1-19-20-9-12-28(6)24(26(20,4)11-10-23(19)31)8-7-21-22-17-25(2,3)13-15-29(22,18-30)16-14-27(21,28)5;;;/h16,20-24,31H,7-15,17H2,1-6H3;;;/q-3;;;/t20-,21?,22?,23-,24?,26?,27+,28-,29+;;;/m0.../s1. The molecular formula is C29H45O2VWY-3. The Kier molecular flexibility index (Phi) is 9.98. The molecule has 0 bridgehead atoms. The number of aliphatic hydroxyl groups is 1. The molecule has 5 saturated carbocycles. The maximum absolute atomic E-state index is 12.4. The molecule has 4 unspecified atom stereocenters. The third-order valence-electron chi connectivity index (χ3n) is 12.5. The summed E-state index contributed by atoms with van der Waals surface area (Å²) in [5.74, 6) is 3.77. The summed E-state index contributed by atoms with van der Waals surface area (Å²) in [6.07, 6.45) is 16.5. The van der Waals surface area contributed by atoms with Gasteiger partial charge >= 0.3 is 0 Å². The van der Waals surface area contributed by atoms with Crippen LogP contribution in [0, 0.1) is 63.1 Å². The smallest absolute Gasteiger partial charge is 0 e. The van der Waals surface area contributed by atoms with Gasteiger partial charge in [-0.15, -0.1) is 0 Å². The first kappa shape index (κ1) is 32.2. The van der Waals surface area contributed by atoms with Gasteiger partial charge in [0.1, 0.15) is 0 Å². The molecule has 5 fully saturated rings. The van der Waals surface area contributed by atoms with Crippen LogP contribution in [0.5, 0.6) is 0 Å². The minimum absolute atomic E-state index is 0. The second-order valence-electron chi connectivity index (χ2n) is 14.0. The van der Waals surface area contributed by atoms with Gasteiger partial charge in [0.15, 0.2) is 0 Å². The van der Waals surface area contributed by atoms with Crippen LogP contribution in [0.3, 0.4) is 0 Å². The van der Waals surface area contributed by atoms with E-state index in [9.17, 15) is 9.90 Å². The normalized spacial score (nSPS) is 51.6. The molecule has 9 atom stereocenters. The SMILES string of the molecule is C[C-]1[C@@H](O)CCC2(C)C3CCC4C5CC(C)(C)CC[C@]5([C-]=O)[CH-]C[C@@]4(C)[C@@]3(C)CC[C@@H]12.[V].[W].[Y]. The zero-order valence-corrected chi connectivity index (χ0v) is 29.5. The minimum Gasteiger partial charge on any atom is -0.544 e. The zero-order valence-electron chi connectivity index (χ0n) is 22.3. The molecule has 5 rings (SSSR count). The summed E-state index contributed by atoms with van der Waals surface area (Å²) in [4.78, 5) is 12.4. The van der Waals surface area contributed by atoms with Crippen molar-refractivity contribution in [2.45, 2.75) is 112 Å². The fourth-order valence-electron chi connectivity index (χ4n) is 10.3. The predicted molar refractivity (Wildman–Crippen MR) is 126 cm³/mol. The summed E-state index contributed by atoms with van der Waals surface area (Å²) in [6, 6.07) is 0. The molecule has 190 valence electrons. The summed E-state index contributed by atoms with van der Waals surface area (Å²) < 4.78 is 0. The monoisotopic (exact) mass is 749 g/mol. The van der Waals surface area contributed by atoms with Crippen LogP contribution in [0.15, 0.2) is 0 Å². The largest absolute Gasteiger partial charge is 0.544 e. The van der Waals surface area contributed by atoms with Crippen molar-refractivity contribution in [2.24, 2.45) is 50.7 Å². The Balaban J connectivity index is 0.00000136. The van der Waals surface area contributed by atoms with Crippen LogP contribution in [0.2, 0.25) is 0 Å². The third-order valence-corrected chi connectivity index (χ3v) is 12.5. The summed E-state index contributed by atoms with van der Waals surface area (Å²) in [6.45, 7) is 14.9. The van der Waals surface area contributed by atoms with Crippen molar-refractivity contribution in [1.29, 1.82) is 0 Å². The van der Waals surface area contributed by atoms with Crippen molar-refractivity contribution in [3.05, 3.63) is 12.3 Å². The maximum atomic E-state index is 12.4. The molecule has 34 heavy (non-hydrogen) atoms. The Morgan fingerprint density at radius 3 is 2.24 bits per heavy atom. The Labute approximate surface area is 261 Å². The van der Waals surface area contributed by atoms with E-state index in [-0.39, 0.29) is 89.3 Å². The van der Waals surface area contributed by atoms with Gasteiger partial charge in [-0.05, 0) is 54.8 Å². The summed E-state index contributed by atoms with van der Waals surface area (Å²) in [5.41, 5.74) is 0.956. The molecule has 0 aromatic rings. The van der Waals surface area contributed by atoms with Crippen LogP contribution >= 0.6 is 0 Å². The van der Waals surface area contributed by atoms with Gasteiger partial charge in [0.05, 0.1) is 0 Å². The van der Waals surface area contributed by atoms with Crippen molar-refractivity contribution < 1.29 is 82.2 Å². The fraction of sp³-hybridized carbons (Fsp3) is 0.897. The first-order valence-electron chi connectivity index (χ1n) is 13.2. The van der Waals surface area contributed by atoms with Crippen LogP contribution in [0.1, 0.15) is 106 Å². The van der Waals surface area contributed by atoms with E-state index in [0.29, 0.717) is 34.0 Å². The van der Waals surface area contributed by atoms with E-state index in [4.69, 9.17) is 0 Å². The predicted octanol–water partition coefficient (Wildman–Crippen LogP) is 6.71. The molecule has 0 spiro atoms. The van der Waals surface area contributed by atoms with E-state index in [2.05, 4.69) is 54.2 Å². The Hall–Kier alpha value is 2.01. The van der Waals surface area contributed by atoms with Crippen molar-refractivity contribution in [3.63, 3.8) is 0 Å². The molecular weight excluding hydrogens is 704 g/mol. The van der Waals surface area contributed by atoms with Crippen LogP contribution < -0.4 is 0 Å². The second kappa shape index (κ2) is 10.5. The van der Waals surface area contributed by atoms with Crippen molar-refractivity contribution >= 4 is 6.29 Å². The molecule has 5 aliphatic rings. The van der Waals surface area contributed by atoms with Crippen molar-refractivity contribution in [3.8, 4) is 0 Å². The molecule has 5 heteroatoms. The first-order valence-corrected chi connectivity index (χ1v) is 13.2. The molecule has 0 heterocycles. The molecule has 0 saturated heterocycles. The van der Waals surface area contributed by atoms with Gasteiger partial charge in [0.25, 0.3) is 0 Å². The molecule has 0 aromatic heterocycles.